The lowest BCUT2D eigenvalue weighted by Crippen LogP contribution is -2.42. The number of fused-ring (bicyclic) bond motifs is 2. The van der Waals surface area contributed by atoms with Gasteiger partial charge in [0.1, 0.15) is 0 Å². The van der Waals surface area contributed by atoms with Gasteiger partial charge in [-0.2, -0.15) is 0 Å². The summed E-state index contributed by atoms with van der Waals surface area (Å²) < 4.78 is 0. The van der Waals surface area contributed by atoms with Gasteiger partial charge in [0.15, 0.2) is 0 Å². The molecular formula is C17H25ClN2. The average Bonchev–Trinajstić information content (AvgIpc) is 2.65. The quantitative estimate of drug-likeness (QED) is 0.912. The predicted molar refractivity (Wildman–Crippen MR) is 85.2 cm³/mol. The highest BCUT2D eigenvalue weighted by atomic mass is 35.5. The first-order valence-electron chi connectivity index (χ1n) is 7.81. The Hall–Kier alpha value is -0.570. The zero-order valence-electron chi connectivity index (χ0n) is 12.5. The molecule has 2 atom stereocenters. The first-order valence-corrected chi connectivity index (χ1v) is 8.19. The second kappa shape index (κ2) is 6.05. The van der Waals surface area contributed by atoms with Crippen molar-refractivity contribution in [2.24, 2.45) is 5.92 Å². The maximum Gasteiger partial charge on any atom is 0.0438 e. The molecule has 0 aromatic heterocycles. The number of nitrogens with one attached hydrogen (secondary N) is 1. The van der Waals surface area contributed by atoms with Gasteiger partial charge < -0.3 is 10.2 Å². The number of halogens is 1. The third-order valence-electron chi connectivity index (χ3n) is 5.19. The molecule has 2 nitrogen and oxygen atoms in total. The van der Waals surface area contributed by atoms with Crippen molar-refractivity contribution in [1.29, 1.82) is 0 Å². The lowest BCUT2D eigenvalue weighted by Gasteiger charge is -2.36. The summed E-state index contributed by atoms with van der Waals surface area (Å²) >= 11 is 6.17. The van der Waals surface area contributed by atoms with E-state index in [1.807, 2.05) is 6.92 Å². The van der Waals surface area contributed by atoms with Gasteiger partial charge in [-0.1, -0.05) is 23.7 Å². The Bertz CT molecular complexity index is 460. The molecule has 2 fully saturated rings. The Labute approximate surface area is 127 Å². The van der Waals surface area contributed by atoms with E-state index in [-0.39, 0.29) is 0 Å². The fourth-order valence-corrected chi connectivity index (χ4v) is 4.06. The normalized spacial score (nSPS) is 29.9. The molecule has 0 amide bonds. The summed E-state index contributed by atoms with van der Waals surface area (Å²) in [5, 5.41) is 4.50. The van der Waals surface area contributed by atoms with Gasteiger partial charge in [0.05, 0.1) is 0 Å². The largest absolute Gasteiger partial charge is 0.312 e. The van der Waals surface area contributed by atoms with Gasteiger partial charge in [-0.05, 0) is 69.3 Å². The Morgan fingerprint density at radius 2 is 1.95 bits per heavy atom. The minimum atomic E-state index is 0.842. The van der Waals surface area contributed by atoms with Gasteiger partial charge in [0.2, 0.25) is 0 Å². The van der Waals surface area contributed by atoms with Crippen LogP contribution in [0, 0.1) is 12.8 Å². The van der Waals surface area contributed by atoms with Gasteiger partial charge in [-0.25, -0.2) is 0 Å². The van der Waals surface area contributed by atoms with E-state index in [2.05, 4.69) is 35.5 Å². The lowest BCUT2D eigenvalue weighted by molar-refractivity contribution is 0.133. The molecule has 0 saturated carbocycles. The van der Waals surface area contributed by atoms with Crippen LogP contribution in [0.15, 0.2) is 18.2 Å². The maximum atomic E-state index is 6.17. The first-order chi connectivity index (χ1) is 9.63. The van der Waals surface area contributed by atoms with Crippen LogP contribution in [0.25, 0.3) is 0 Å². The molecule has 110 valence electrons. The van der Waals surface area contributed by atoms with E-state index >= 15 is 0 Å². The zero-order valence-corrected chi connectivity index (χ0v) is 13.3. The van der Waals surface area contributed by atoms with Gasteiger partial charge in [0, 0.05) is 23.7 Å². The van der Waals surface area contributed by atoms with Crippen LogP contribution in [0.3, 0.4) is 0 Å². The molecule has 1 aromatic carbocycles. The van der Waals surface area contributed by atoms with Crippen molar-refractivity contribution in [3.05, 3.63) is 34.3 Å². The Morgan fingerprint density at radius 1 is 1.25 bits per heavy atom. The van der Waals surface area contributed by atoms with Crippen molar-refractivity contribution in [3.63, 3.8) is 0 Å². The fourth-order valence-electron chi connectivity index (χ4n) is 3.86. The Balaban J connectivity index is 1.47. The van der Waals surface area contributed by atoms with Crippen molar-refractivity contribution in [2.45, 2.75) is 51.2 Å². The van der Waals surface area contributed by atoms with Crippen LogP contribution in [0.5, 0.6) is 0 Å². The van der Waals surface area contributed by atoms with E-state index < -0.39 is 0 Å². The van der Waals surface area contributed by atoms with Gasteiger partial charge in [-0.3, -0.25) is 0 Å². The number of aryl methyl sites for hydroxylation is 1. The van der Waals surface area contributed by atoms with Gasteiger partial charge in [-0.15, -0.1) is 0 Å². The molecule has 3 heteroatoms. The number of hydrogen-bond donors (Lipinski definition) is 1. The van der Waals surface area contributed by atoms with E-state index in [0.717, 1.165) is 41.7 Å². The van der Waals surface area contributed by atoms with E-state index in [9.17, 15) is 0 Å². The molecule has 2 aliphatic heterocycles. The zero-order chi connectivity index (χ0) is 14.1. The SMILES string of the molecule is Cc1ccc(CNCC2CC3CCC(C2)N3C)cc1Cl. The van der Waals surface area contributed by atoms with Gasteiger partial charge in [0.25, 0.3) is 0 Å². The maximum absolute atomic E-state index is 6.17. The summed E-state index contributed by atoms with van der Waals surface area (Å²) in [6, 6.07) is 8.05. The Kier molecular flexibility index (Phi) is 4.34. The summed E-state index contributed by atoms with van der Waals surface area (Å²) in [6.45, 7) is 4.13. The van der Waals surface area contributed by atoms with Crippen LogP contribution in [0.2, 0.25) is 5.02 Å². The summed E-state index contributed by atoms with van der Waals surface area (Å²) in [7, 11) is 2.31. The smallest absolute Gasteiger partial charge is 0.0438 e. The molecule has 2 saturated heterocycles. The molecule has 1 N–H and O–H groups in total. The molecule has 3 rings (SSSR count). The Morgan fingerprint density at radius 3 is 2.60 bits per heavy atom. The summed E-state index contributed by atoms with van der Waals surface area (Å²) in [4.78, 5) is 2.61. The van der Waals surface area contributed by atoms with Crippen molar-refractivity contribution in [1.82, 2.24) is 10.2 Å². The highest BCUT2D eigenvalue weighted by Crippen LogP contribution is 2.37. The minimum Gasteiger partial charge on any atom is -0.312 e. The highest BCUT2D eigenvalue weighted by molar-refractivity contribution is 6.31. The van der Waals surface area contributed by atoms with E-state index in [4.69, 9.17) is 11.6 Å². The molecule has 2 bridgehead atoms. The second-order valence-electron chi connectivity index (χ2n) is 6.60. The van der Waals surface area contributed by atoms with Crippen molar-refractivity contribution in [3.8, 4) is 0 Å². The first kappa shape index (κ1) is 14.4. The molecule has 2 aliphatic rings. The number of hydrogen-bond acceptors (Lipinski definition) is 2. The summed E-state index contributed by atoms with van der Waals surface area (Å²) in [5.41, 5.74) is 2.44. The van der Waals surface area contributed by atoms with Crippen LogP contribution in [0.4, 0.5) is 0 Å². The monoisotopic (exact) mass is 292 g/mol. The molecule has 0 aliphatic carbocycles. The van der Waals surface area contributed by atoms with E-state index in [1.165, 1.54) is 31.2 Å². The third-order valence-corrected chi connectivity index (χ3v) is 5.60. The standard InChI is InChI=1S/C17H25ClN2/c1-12-3-4-13(9-17(12)18)10-19-11-14-7-15-5-6-16(8-14)20(15)2/h3-4,9,14-16,19H,5-8,10-11H2,1-2H3. The highest BCUT2D eigenvalue weighted by Gasteiger charge is 2.37. The topological polar surface area (TPSA) is 15.3 Å². The molecular weight excluding hydrogens is 268 g/mol. The average molecular weight is 293 g/mol. The van der Waals surface area contributed by atoms with Crippen molar-refractivity contribution < 1.29 is 0 Å². The fraction of sp³-hybridized carbons (Fsp3) is 0.647. The number of rotatable bonds is 4. The molecule has 2 unspecified atom stereocenters. The summed E-state index contributed by atoms with van der Waals surface area (Å²) in [6.07, 6.45) is 5.56. The second-order valence-corrected chi connectivity index (χ2v) is 7.01. The van der Waals surface area contributed by atoms with Crippen LogP contribution < -0.4 is 5.32 Å². The molecule has 2 heterocycles. The molecule has 20 heavy (non-hydrogen) atoms. The molecule has 0 spiro atoms. The number of piperidine rings is 1. The van der Waals surface area contributed by atoms with Crippen LogP contribution in [-0.2, 0) is 6.54 Å². The van der Waals surface area contributed by atoms with E-state index in [0.29, 0.717) is 0 Å². The van der Waals surface area contributed by atoms with Gasteiger partial charge >= 0.3 is 0 Å². The van der Waals surface area contributed by atoms with Crippen LogP contribution >= 0.6 is 11.6 Å². The number of benzene rings is 1. The van der Waals surface area contributed by atoms with Crippen molar-refractivity contribution in [2.75, 3.05) is 13.6 Å². The van der Waals surface area contributed by atoms with Crippen molar-refractivity contribution >= 4 is 11.6 Å². The van der Waals surface area contributed by atoms with Crippen LogP contribution in [-0.4, -0.2) is 30.6 Å². The minimum absolute atomic E-state index is 0.842. The van der Waals surface area contributed by atoms with Crippen LogP contribution in [0.1, 0.15) is 36.8 Å². The third kappa shape index (κ3) is 3.03. The lowest BCUT2D eigenvalue weighted by atomic mass is 9.91. The summed E-state index contributed by atoms with van der Waals surface area (Å²) in [5.74, 6) is 0.852. The molecule has 1 aromatic rings. The number of nitrogens with zero attached hydrogens (tertiary/aromatic N) is 1. The van der Waals surface area contributed by atoms with E-state index in [1.54, 1.807) is 0 Å². The molecule has 0 radical (unpaired) electrons. The predicted octanol–water partition coefficient (Wildman–Crippen LogP) is 3.61.